The van der Waals surface area contributed by atoms with Crippen molar-refractivity contribution in [2.45, 2.75) is 24.2 Å². The molecule has 21 heavy (non-hydrogen) atoms. The highest BCUT2D eigenvalue weighted by Crippen LogP contribution is 2.44. The third-order valence-corrected chi connectivity index (χ3v) is 5.40. The molecule has 1 aromatic carbocycles. The van der Waals surface area contributed by atoms with Crippen molar-refractivity contribution >= 4 is 22.8 Å². The number of hydrogen-bond donors (Lipinski definition) is 2. The lowest BCUT2D eigenvalue weighted by Crippen LogP contribution is -2.10. The molecule has 1 atom stereocenters. The lowest BCUT2D eigenvalue weighted by Gasteiger charge is -2.18. The molecular weight excluding hydrogens is 288 g/mol. The zero-order chi connectivity index (χ0) is 15.4. The van der Waals surface area contributed by atoms with Crippen LogP contribution in [0, 0.1) is 0 Å². The van der Waals surface area contributed by atoms with E-state index in [1.165, 1.54) is 7.11 Å². The molecule has 1 unspecified atom stereocenters. The van der Waals surface area contributed by atoms with Crippen molar-refractivity contribution in [3.8, 4) is 0 Å². The third kappa shape index (κ3) is 3.55. The van der Waals surface area contributed by atoms with Crippen LogP contribution >= 0.6 is 10.9 Å². The van der Waals surface area contributed by atoms with Gasteiger partial charge in [0.1, 0.15) is 0 Å². The van der Waals surface area contributed by atoms with Gasteiger partial charge in [-0.05, 0) is 39.8 Å². The van der Waals surface area contributed by atoms with E-state index in [4.69, 9.17) is 9.84 Å². The molecule has 0 spiro atoms. The second-order valence-corrected chi connectivity index (χ2v) is 6.68. The molecule has 0 fully saturated rings. The van der Waals surface area contributed by atoms with Crippen LogP contribution in [0.25, 0.3) is 0 Å². The summed E-state index contributed by atoms with van der Waals surface area (Å²) < 4.78 is 4.74. The van der Waals surface area contributed by atoms with Crippen LogP contribution in [0.3, 0.4) is 0 Å². The Labute approximate surface area is 126 Å². The van der Waals surface area contributed by atoms with Gasteiger partial charge in [-0.1, -0.05) is 24.3 Å². The predicted octanol–water partition coefficient (Wildman–Crippen LogP) is 2.99. The minimum absolute atomic E-state index is 0.159. The lowest BCUT2D eigenvalue weighted by atomic mass is 9.98. The Morgan fingerprint density at radius 1 is 1.29 bits per heavy atom. The largest absolute Gasteiger partial charge is 0.481 e. The SMILES string of the molecule is COC(=O)Cc1cc(C(C)C(=O)O)ccc1[SH]1C=CC=C1. The second kappa shape index (κ2) is 6.63. The highest BCUT2D eigenvalue weighted by molar-refractivity contribution is 8.22. The maximum Gasteiger partial charge on any atom is 0.310 e. The molecule has 1 aliphatic heterocycles. The van der Waals surface area contributed by atoms with Crippen molar-refractivity contribution in [1.29, 1.82) is 0 Å². The summed E-state index contributed by atoms with van der Waals surface area (Å²) in [5.41, 5.74) is 1.54. The van der Waals surface area contributed by atoms with Gasteiger partial charge in [-0.3, -0.25) is 9.59 Å². The first-order valence-electron chi connectivity index (χ1n) is 6.58. The lowest BCUT2D eigenvalue weighted by molar-refractivity contribution is -0.140. The fourth-order valence-electron chi connectivity index (χ4n) is 2.13. The average Bonchev–Trinajstić information content (AvgIpc) is 3.00. The molecular formula is C16H18O4S. The molecule has 0 bridgehead atoms. The Hall–Kier alpha value is -2.01. The van der Waals surface area contributed by atoms with Crippen LogP contribution in [0.4, 0.5) is 0 Å². The quantitative estimate of drug-likeness (QED) is 0.648. The van der Waals surface area contributed by atoms with Gasteiger partial charge in [0.05, 0.1) is 19.4 Å². The Morgan fingerprint density at radius 3 is 2.52 bits per heavy atom. The van der Waals surface area contributed by atoms with Crippen LogP contribution < -0.4 is 0 Å². The molecule has 0 aromatic heterocycles. The smallest absolute Gasteiger partial charge is 0.310 e. The fourth-order valence-corrected chi connectivity index (χ4v) is 3.85. The van der Waals surface area contributed by atoms with Gasteiger partial charge >= 0.3 is 11.9 Å². The number of rotatable bonds is 5. The number of hydrogen-bond acceptors (Lipinski definition) is 3. The van der Waals surface area contributed by atoms with Crippen LogP contribution in [0.1, 0.15) is 24.0 Å². The predicted molar refractivity (Wildman–Crippen MR) is 83.7 cm³/mol. The first kappa shape index (κ1) is 15.4. The van der Waals surface area contributed by atoms with Gasteiger partial charge in [0, 0.05) is 0 Å². The number of esters is 1. The average molecular weight is 306 g/mol. The minimum Gasteiger partial charge on any atom is -0.481 e. The van der Waals surface area contributed by atoms with Gasteiger partial charge in [0.15, 0.2) is 0 Å². The number of carbonyl (C=O) groups excluding carboxylic acids is 1. The molecule has 1 aromatic rings. The van der Waals surface area contributed by atoms with Crippen LogP contribution in [-0.2, 0) is 20.7 Å². The highest BCUT2D eigenvalue weighted by Gasteiger charge is 2.18. The number of allylic oxidation sites excluding steroid dienone is 2. The monoisotopic (exact) mass is 306 g/mol. The first-order valence-corrected chi connectivity index (χ1v) is 8.06. The third-order valence-electron chi connectivity index (χ3n) is 3.42. The van der Waals surface area contributed by atoms with Crippen molar-refractivity contribution in [2.75, 3.05) is 7.11 Å². The maximum atomic E-state index is 11.6. The van der Waals surface area contributed by atoms with Crippen LogP contribution in [-0.4, -0.2) is 24.2 Å². The summed E-state index contributed by atoms with van der Waals surface area (Å²) >= 11 is 0. The van der Waals surface area contributed by atoms with E-state index < -0.39 is 22.8 Å². The number of aliphatic carboxylic acids is 1. The molecule has 5 heteroatoms. The number of ether oxygens (including phenoxy) is 1. The van der Waals surface area contributed by atoms with Crippen molar-refractivity contribution in [1.82, 2.24) is 0 Å². The van der Waals surface area contributed by atoms with Crippen molar-refractivity contribution in [3.63, 3.8) is 0 Å². The molecule has 1 N–H and O–H groups in total. The van der Waals surface area contributed by atoms with Crippen LogP contribution in [0.15, 0.2) is 46.1 Å². The Morgan fingerprint density at radius 2 is 1.95 bits per heavy atom. The molecule has 0 aliphatic carbocycles. The Balaban J connectivity index is 2.40. The molecule has 0 saturated heterocycles. The van der Waals surface area contributed by atoms with E-state index in [1.54, 1.807) is 6.92 Å². The zero-order valence-electron chi connectivity index (χ0n) is 11.9. The summed E-state index contributed by atoms with van der Waals surface area (Å²) in [4.78, 5) is 23.8. The van der Waals surface area contributed by atoms with Gasteiger partial charge < -0.3 is 9.84 Å². The first-order chi connectivity index (χ1) is 10.0. The maximum absolute atomic E-state index is 11.6. The number of carboxylic acids is 1. The summed E-state index contributed by atoms with van der Waals surface area (Å²) in [5.74, 6) is -1.80. The Kier molecular flexibility index (Phi) is 4.85. The van der Waals surface area contributed by atoms with Crippen LogP contribution in [0.5, 0.6) is 0 Å². The summed E-state index contributed by atoms with van der Waals surface area (Å²) in [6, 6.07) is 5.57. The topological polar surface area (TPSA) is 63.6 Å². The van der Waals surface area contributed by atoms with Gasteiger partial charge in [0.2, 0.25) is 0 Å². The summed E-state index contributed by atoms with van der Waals surface area (Å²) in [6.07, 6.45) is 4.13. The number of carboxylic acid groups (broad SMARTS) is 1. The molecule has 0 radical (unpaired) electrons. The molecule has 0 amide bonds. The molecule has 2 rings (SSSR count). The second-order valence-electron chi connectivity index (χ2n) is 4.79. The van der Waals surface area contributed by atoms with E-state index in [9.17, 15) is 9.59 Å². The number of carbonyl (C=O) groups is 2. The van der Waals surface area contributed by atoms with Gasteiger partial charge in [-0.25, -0.2) is 0 Å². The zero-order valence-corrected chi connectivity index (χ0v) is 12.8. The molecule has 4 nitrogen and oxygen atoms in total. The molecule has 1 aliphatic rings. The molecule has 0 saturated carbocycles. The van der Waals surface area contributed by atoms with Crippen molar-refractivity contribution in [2.24, 2.45) is 0 Å². The molecule has 112 valence electrons. The number of thiol groups is 1. The van der Waals surface area contributed by atoms with E-state index in [0.29, 0.717) is 5.56 Å². The van der Waals surface area contributed by atoms with E-state index in [2.05, 4.69) is 10.8 Å². The standard InChI is InChI=1S/C16H18O4S/c1-11(16(18)19)12-5-6-14(21-7-3-4-8-21)13(9-12)10-15(17)20-2/h3-9,11,21H,10H2,1-2H3,(H,18,19). The van der Waals surface area contributed by atoms with Crippen molar-refractivity contribution < 1.29 is 19.4 Å². The van der Waals surface area contributed by atoms with Crippen molar-refractivity contribution in [3.05, 3.63) is 52.3 Å². The summed E-state index contributed by atoms with van der Waals surface area (Å²) in [5, 5.41) is 13.3. The fraction of sp³-hybridized carbons (Fsp3) is 0.250. The van der Waals surface area contributed by atoms with E-state index in [1.807, 2.05) is 30.4 Å². The van der Waals surface area contributed by atoms with E-state index in [-0.39, 0.29) is 12.4 Å². The summed E-state index contributed by atoms with van der Waals surface area (Å²) in [7, 11) is 0.794. The Bertz CT molecular complexity index is 607. The number of methoxy groups -OCH3 is 1. The minimum atomic E-state index is -0.877. The highest BCUT2D eigenvalue weighted by atomic mass is 32.2. The van der Waals surface area contributed by atoms with E-state index in [0.717, 1.165) is 10.5 Å². The van der Waals surface area contributed by atoms with Gasteiger partial charge in [-0.2, -0.15) is 10.9 Å². The van der Waals surface area contributed by atoms with Gasteiger partial charge in [0.25, 0.3) is 0 Å². The number of benzene rings is 1. The normalized spacial score (nSPS) is 16.0. The van der Waals surface area contributed by atoms with Gasteiger partial charge in [-0.15, -0.1) is 0 Å². The summed E-state index contributed by atoms with van der Waals surface area (Å²) in [6.45, 7) is 1.64. The van der Waals surface area contributed by atoms with E-state index >= 15 is 0 Å². The van der Waals surface area contributed by atoms with Crippen LogP contribution in [0.2, 0.25) is 0 Å². The molecule has 1 heterocycles.